The summed E-state index contributed by atoms with van der Waals surface area (Å²) in [6.45, 7) is 1.70. The molecule has 1 fully saturated rings. The van der Waals surface area contributed by atoms with Crippen molar-refractivity contribution in [2.45, 2.75) is 56.5 Å². The lowest BCUT2D eigenvalue weighted by atomic mass is 10.1. The summed E-state index contributed by atoms with van der Waals surface area (Å²) in [5, 5.41) is 12.7. The number of nitrogens with two attached hydrogens (primary N) is 1. The van der Waals surface area contributed by atoms with Gasteiger partial charge >= 0.3 is 5.51 Å². The highest BCUT2D eigenvalue weighted by molar-refractivity contribution is 7.99. The number of carbonyl (C=O) groups excluding carboxylic acids is 1. The standard InChI is InChI=1S/C29H32F3N3O6S3/c30-29(31,32)44(40,41)26-8-4-7-25(43(38,39)24-11-9-20(10-12-24)28(33)37)27(26)34-21(19-42-23-5-2-1-3-6-23)13-16-35-17-14-22(36)15-18-35/h1-12,21-22,34,36H,13-19H2,(H2,33,37). The van der Waals surface area contributed by atoms with Crippen molar-refractivity contribution in [1.29, 1.82) is 0 Å². The maximum absolute atomic E-state index is 13.9. The zero-order chi connectivity index (χ0) is 32.1. The average molecular weight is 672 g/mol. The number of halogens is 3. The van der Waals surface area contributed by atoms with Gasteiger partial charge in [-0.1, -0.05) is 24.3 Å². The molecule has 1 aliphatic rings. The summed E-state index contributed by atoms with van der Waals surface area (Å²) < 4.78 is 94.7. The van der Waals surface area contributed by atoms with Crippen molar-refractivity contribution in [3.05, 3.63) is 78.4 Å². The van der Waals surface area contributed by atoms with Crippen molar-refractivity contribution in [3.63, 3.8) is 0 Å². The Labute approximate surface area is 258 Å². The van der Waals surface area contributed by atoms with Crippen molar-refractivity contribution < 1.29 is 39.9 Å². The van der Waals surface area contributed by atoms with Gasteiger partial charge in [0.05, 0.1) is 21.6 Å². The van der Waals surface area contributed by atoms with Crippen molar-refractivity contribution in [3.8, 4) is 0 Å². The highest BCUT2D eigenvalue weighted by atomic mass is 32.2. The number of likely N-dealkylation sites (tertiary alicyclic amines) is 1. The molecule has 3 aromatic rings. The maximum Gasteiger partial charge on any atom is 0.501 e. The number of nitrogens with one attached hydrogen (secondary N) is 1. The van der Waals surface area contributed by atoms with Crippen LogP contribution in [0.3, 0.4) is 0 Å². The Balaban J connectivity index is 1.77. The third kappa shape index (κ3) is 7.93. The van der Waals surface area contributed by atoms with Crippen molar-refractivity contribution in [2.24, 2.45) is 5.73 Å². The minimum Gasteiger partial charge on any atom is -0.393 e. The van der Waals surface area contributed by atoms with E-state index in [1.807, 2.05) is 30.3 Å². The highest BCUT2D eigenvalue weighted by Crippen LogP contribution is 2.40. The van der Waals surface area contributed by atoms with E-state index in [4.69, 9.17) is 5.73 Å². The van der Waals surface area contributed by atoms with Crippen LogP contribution < -0.4 is 11.1 Å². The van der Waals surface area contributed by atoms with Crippen LogP contribution in [0.25, 0.3) is 0 Å². The molecule has 238 valence electrons. The Morgan fingerprint density at radius 2 is 1.57 bits per heavy atom. The van der Waals surface area contributed by atoms with Gasteiger partial charge in [-0.2, -0.15) is 13.2 Å². The summed E-state index contributed by atoms with van der Waals surface area (Å²) in [7, 11) is -10.6. The van der Waals surface area contributed by atoms with Crippen LogP contribution in [0.1, 0.15) is 29.6 Å². The first-order chi connectivity index (χ1) is 20.7. The molecule has 1 unspecified atom stereocenters. The van der Waals surface area contributed by atoms with E-state index in [-0.39, 0.29) is 16.2 Å². The molecule has 44 heavy (non-hydrogen) atoms. The van der Waals surface area contributed by atoms with E-state index >= 15 is 0 Å². The smallest absolute Gasteiger partial charge is 0.393 e. The van der Waals surface area contributed by atoms with Gasteiger partial charge in [-0.3, -0.25) is 4.79 Å². The van der Waals surface area contributed by atoms with Gasteiger partial charge in [0.2, 0.25) is 15.7 Å². The molecule has 1 saturated heterocycles. The second-order valence-corrected chi connectivity index (χ2v) is 15.2. The Kier molecular flexibility index (Phi) is 10.7. The van der Waals surface area contributed by atoms with Crippen LogP contribution in [0, 0.1) is 0 Å². The third-order valence-corrected chi connectivity index (χ3v) is 11.7. The topological polar surface area (TPSA) is 147 Å². The zero-order valence-electron chi connectivity index (χ0n) is 23.4. The summed E-state index contributed by atoms with van der Waals surface area (Å²) >= 11 is 1.38. The summed E-state index contributed by atoms with van der Waals surface area (Å²) in [6.07, 6.45) is 1.07. The fraction of sp³-hybridized carbons (Fsp3) is 0.345. The minimum absolute atomic E-state index is 0.0129. The second-order valence-electron chi connectivity index (χ2n) is 10.3. The maximum atomic E-state index is 13.9. The lowest BCUT2D eigenvalue weighted by Gasteiger charge is -2.31. The number of benzene rings is 3. The molecule has 3 aromatic carbocycles. The summed E-state index contributed by atoms with van der Waals surface area (Å²) in [5.74, 6) is -0.537. The average Bonchev–Trinajstić information content (AvgIpc) is 2.99. The number of hydrogen-bond donors (Lipinski definition) is 3. The fourth-order valence-corrected chi connectivity index (χ4v) is 8.19. The van der Waals surface area contributed by atoms with E-state index in [0.717, 1.165) is 47.4 Å². The SMILES string of the molecule is NC(=O)c1ccc(S(=O)(=O)c2cccc(S(=O)(=O)C(F)(F)F)c2NC(CCN2CCC(O)CC2)CSc2ccccc2)cc1. The van der Waals surface area contributed by atoms with Crippen LogP contribution in [0.2, 0.25) is 0 Å². The predicted octanol–water partition coefficient (Wildman–Crippen LogP) is 4.33. The van der Waals surface area contributed by atoms with Crippen LogP contribution in [0.4, 0.5) is 18.9 Å². The van der Waals surface area contributed by atoms with E-state index in [2.05, 4.69) is 10.2 Å². The van der Waals surface area contributed by atoms with E-state index in [1.54, 1.807) is 0 Å². The van der Waals surface area contributed by atoms with Gasteiger partial charge in [0.25, 0.3) is 9.84 Å². The second kappa shape index (κ2) is 13.9. The van der Waals surface area contributed by atoms with E-state index < -0.39 is 58.7 Å². The Morgan fingerprint density at radius 3 is 2.16 bits per heavy atom. The zero-order valence-corrected chi connectivity index (χ0v) is 25.9. The molecule has 1 heterocycles. The summed E-state index contributed by atoms with van der Waals surface area (Å²) in [4.78, 5) is 12.2. The number of amides is 1. The number of thioether (sulfide) groups is 1. The number of rotatable bonds is 12. The number of carbonyl (C=O) groups is 1. The van der Waals surface area contributed by atoms with Crippen LogP contribution >= 0.6 is 11.8 Å². The number of para-hydroxylation sites is 1. The highest BCUT2D eigenvalue weighted by Gasteiger charge is 2.49. The van der Waals surface area contributed by atoms with Gasteiger partial charge in [-0.25, -0.2) is 16.8 Å². The monoisotopic (exact) mass is 671 g/mol. The molecule has 1 amide bonds. The molecule has 1 atom stereocenters. The van der Waals surface area contributed by atoms with E-state index in [0.29, 0.717) is 38.9 Å². The number of aliphatic hydroxyl groups excluding tert-OH is 1. The van der Waals surface area contributed by atoms with Crippen molar-refractivity contribution >= 4 is 43.0 Å². The van der Waals surface area contributed by atoms with Gasteiger partial charge < -0.3 is 21.1 Å². The van der Waals surface area contributed by atoms with Gasteiger partial charge in [-0.05, 0) is 67.8 Å². The molecular weight excluding hydrogens is 640 g/mol. The van der Waals surface area contributed by atoms with Crippen LogP contribution in [0.15, 0.2) is 92.4 Å². The molecular formula is C29H32F3N3O6S3. The molecule has 0 aliphatic carbocycles. The first kappa shape index (κ1) is 33.8. The summed E-state index contributed by atoms with van der Waals surface area (Å²) in [5.41, 5.74) is -1.13. The fourth-order valence-electron chi connectivity index (χ4n) is 4.75. The number of aliphatic hydroxyl groups is 1. The molecule has 0 radical (unpaired) electrons. The Bertz CT molecular complexity index is 1660. The molecule has 0 saturated carbocycles. The molecule has 15 heteroatoms. The number of piperidine rings is 1. The molecule has 4 N–H and O–H groups in total. The predicted molar refractivity (Wildman–Crippen MR) is 161 cm³/mol. The normalized spacial score (nSPS) is 16.0. The first-order valence-corrected chi connectivity index (χ1v) is 17.6. The van der Waals surface area contributed by atoms with Crippen LogP contribution in [-0.2, 0) is 19.7 Å². The molecule has 1 aliphatic heterocycles. The number of alkyl halides is 3. The van der Waals surface area contributed by atoms with Gasteiger partial charge in [-0.15, -0.1) is 11.8 Å². The quantitative estimate of drug-likeness (QED) is 0.240. The number of hydrogen-bond acceptors (Lipinski definition) is 9. The number of nitrogens with zero attached hydrogens (tertiary/aromatic N) is 1. The molecule has 0 bridgehead atoms. The lowest BCUT2D eigenvalue weighted by Crippen LogP contribution is -2.39. The van der Waals surface area contributed by atoms with Crippen LogP contribution in [-0.4, -0.2) is 75.8 Å². The number of sulfone groups is 2. The van der Waals surface area contributed by atoms with E-state index in [1.165, 1.54) is 11.8 Å². The Morgan fingerprint density at radius 1 is 0.955 bits per heavy atom. The largest absolute Gasteiger partial charge is 0.501 e. The van der Waals surface area contributed by atoms with Crippen LogP contribution in [0.5, 0.6) is 0 Å². The van der Waals surface area contributed by atoms with E-state index in [9.17, 15) is 39.9 Å². The molecule has 4 rings (SSSR count). The summed E-state index contributed by atoms with van der Waals surface area (Å²) in [6, 6.07) is 15.7. The van der Waals surface area contributed by atoms with Gasteiger partial charge in [0, 0.05) is 41.9 Å². The van der Waals surface area contributed by atoms with Gasteiger partial charge in [0.15, 0.2) is 0 Å². The minimum atomic E-state index is -5.98. The third-order valence-electron chi connectivity index (χ3n) is 7.21. The number of primary amides is 1. The van der Waals surface area contributed by atoms with Gasteiger partial charge in [0.1, 0.15) is 4.90 Å². The Hall–Kier alpha value is -3.11. The molecule has 9 nitrogen and oxygen atoms in total. The first-order valence-electron chi connectivity index (χ1n) is 13.6. The van der Waals surface area contributed by atoms with Crippen molar-refractivity contribution in [2.75, 3.05) is 30.7 Å². The lowest BCUT2D eigenvalue weighted by molar-refractivity contribution is -0.0435. The van der Waals surface area contributed by atoms with Crippen molar-refractivity contribution in [1.82, 2.24) is 4.90 Å². The molecule has 0 spiro atoms. The number of anilines is 1. The molecule has 0 aromatic heterocycles.